The first kappa shape index (κ1) is 31.3. The molecule has 3 rings (SSSR count). The Hall–Kier alpha value is -3.27. The number of amides is 2. The van der Waals surface area contributed by atoms with Crippen LogP contribution in [0.2, 0.25) is 10.0 Å². The summed E-state index contributed by atoms with van der Waals surface area (Å²) in [5.74, 6) is -0.609. The number of anilines is 1. The number of carbonyl (C=O) groups excluding carboxylic acids is 2. The number of halogens is 2. The van der Waals surface area contributed by atoms with Crippen LogP contribution in [0.3, 0.4) is 0 Å². The Morgan fingerprint density at radius 1 is 0.950 bits per heavy atom. The summed E-state index contributed by atoms with van der Waals surface area (Å²) in [7, 11) is -2.76. The molecule has 214 valence electrons. The van der Waals surface area contributed by atoms with E-state index in [-0.39, 0.29) is 34.1 Å². The molecule has 0 fully saturated rings. The van der Waals surface area contributed by atoms with E-state index in [0.29, 0.717) is 22.8 Å². The maximum absolute atomic E-state index is 14.0. The molecule has 0 saturated heterocycles. The normalized spacial score (nSPS) is 12.8. The van der Waals surface area contributed by atoms with E-state index >= 15 is 0 Å². The predicted molar refractivity (Wildman–Crippen MR) is 158 cm³/mol. The van der Waals surface area contributed by atoms with Crippen molar-refractivity contribution in [2.75, 3.05) is 18.0 Å². The highest BCUT2D eigenvalue weighted by Crippen LogP contribution is 2.32. The molecule has 40 heavy (non-hydrogen) atoms. The van der Waals surface area contributed by atoms with Gasteiger partial charge in [-0.2, -0.15) is 0 Å². The van der Waals surface area contributed by atoms with Crippen molar-refractivity contribution in [2.45, 2.75) is 50.7 Å². The van der Waals surface area contributed by atoms with Crippen molar-refractivity contribution < 1.29 is 22.7 Å². The molecule has 2 amide bonds. The summed E-state index contributed by atoms with van der Waals surface area (Å²) < 4.78 is 33.9. The number of nitrogens with one attached hydrogen (secondary N) is 1. The lowest BCUT2D eigenvalue weighted by Crippen LogP contribution is -2.52. The van der Waals surface area contributed by atoms with Crippen molar-refractivity contribution in [1.29, 1.82) is 0 Å². The largest absolute Gasteiger partial charge is 0.495 e. The highest BCUT2D eigenvalue weighted by Gasteiger charge is 2.33. The Labute approximate surface area is 245 Å². The monoisotopic (exact) mass is 605 g/mol. The molecule has 2 atom stereocenters. The molecule has 0 heterocycles. The molecular formula is C29H33Cl2N3O5S. The lowest BCUT2D eigenvalue weighted by Gasteiger charge is -2.32. The van der Waals surface area contributed by atoms with Gasteiger partial charge >= 0.3 is 0 Å². The number of hydrogen-bond acceptors (Lipinski definition) is 5. The van der Waals surface area contributed by atoms with Crippen molar-refractivity contribution in [3.8, 4) is 5.75 Å². The molecule has 1 N–H and O–H groups in total. The molecule has 0 radical (unpaired) electrons. The summed E-state index contributed by atoms with van der Waals surface area (Å²) in [6.45, 7) is 4.81. The number of benzene rings is 3. The summed E-state index contributed by atoms with van der Waals surface area (Å²) in [4.78, 5) is 28.4. The number of carbonyl (C=O) groups is 2. The molecule has 0 saturated carbocycles. The SMILES string of the molecule is CC[C@H](C)NC(=O)[C@@H](C)N(Cc1ccccc1Cl)C(=O)CN(c1ccc(OC)c(Cl)c1)S(=O)(=O)c1ccccc1. The van der Waals surface area contributed by atoms with Crippen LogP contribution in [0.15, 0.2) is 77.7 Å². The lowest BCUT2D eigenvalue weighted by atomic mass is 10.1. The van der Waals surface area contributed by atoms with E-state index in [1.807, 2.05) is 13.8 Å². The van der Waals surface area contributed by atoms with E-state index in [0.717, 1.165) is 4.31 Å². The Kier molecular flexibility index (Phi) is 10.8. The molecule has 3 aromatic carbocycles. The van der Waals surface area contributed by atoms with Gasteiger partial charge in [0.25, 0.3) is 10.0 Å². The molecule has 0 aliphatic carbocycles. The number of rotatable bonds is 12. The van der Waals surface area contributed by atoms with Gasteiger partial charge < -0.3 is 15.0 Å². The van der Waals surface area contributed by atoms with Crippen LogP contribution in [-0.2, 0) is 26.2 Å². The van der Waals surface area contributed by atoms with Gasteiger partial charge in [-0.15, -0.1) is 0 Å². The second kappa shape index (κ2) is 13.9. The van der Waals surface area contributed by atoms with Gasteiger partial charge in [0.15, 0.2) is 0 Å². The Bertz CT molecular complexity index is 1440. The molecule has 0 spiro atoms. The first-order valence-electron chi connectivity index (χ1n) is 12.7. The second-order valence-corrected chi connectivity index (χ2v) is 11.9. The molecule has 0 bridgehead atoms. The van der Waals surface area contributed by atoms with Gasteiger partial charge in [0, 0.05) is 17.6 Å². The van der Waals surface area contributed by atoms with Crippen molar-refractivity contribution >= 4 is 50.7 Å². The van der Waals surface area contributed by atoms with Gasteiger partial charge in [-0.1, -0.05) is 66.5 Å². The van der Waals surface area contributed by atoms with Crippen molar-refractivity contribution in [3.63, 3.8) is 0 Å². The van der Waals surface area contributed by atoms with Crippen LogP contribution in [-0.4, -0.2) is 50.9 Å². The van der Waals surface area contributed by atoms with E-state index in [4.69, 9.17) is 27.9 Å². The number of sulfonamides is 1. The van der Waals surface area contributed by atoms with Gasteiger partial charge in [-0.05, 0) is 62.2 Å². The summed E-state index contributed by atoms with van der Waals surface area (Å²) in [5, 5.41) is 3.49. The Morgan fingerprint density at radius 2 is 1.60 bits per heavy atom. The van der Waals surface area contributed by atoms with Crippen molar-refractivity contribution in [1.82, 2.24) is 10.2 Å². The minimum atomic E-state index is -4.21. The summed E-state index contributed by atoms with van der Waals surface area (Å²) in [6, 6.07) is 18.2. The smallest absolute Gasteiger partial charge is 0.264 e. The Morgan fingerprint density at radius 3 is 2.20 bits per heavy atom. The van der Waals surface area contributed by atoms with Crippen LogP contribution in [0.5, 0.6) is 5.75 Å². The fourth-order valence-corrected chi connectivity index (χ4v) is 5.79. The molecule has 3 aromatic rings. The first-order valence-corrected chi connectivity index (χ1v) is 14.9. The van der Waals surface area contributed by atoms with Gasteiger partial charge in [-0.3, -0.25) is 13.9 Å². The quantitative estimate of drug-likeness (QED) is 0.293. The molecule has 0 aliphatic heterocycles. The summed E-state index contributed by atoms with van der Waals surface area (Å²) >= 11 is 12.7. The fourth-order valence-electron chi connectivity index (χ4n) is 3.92. The number of nitrogens with zero attached hydrogens (tertiary/aromatic N) is 2. The standard InChI is InChI=1S/C29H33Cl2N3O5S/c1-5-20(2)32-29(36)21(3)33(18-22-11-9-10-14-25(22)30)28(35)19-34(23-15-16-27(39-4)26(31)17-23)40(37,38)24-12-7-6-8-13-24/h6-17,20-21H,5,18-19H2,1-4H3,(H,32,36)/t20-,21+/m0/s1. The van der Waals surface area contributed by atoms with Crippen LogP contribution < -0.4 is 14.4 Å². The number of hydrogen-bond donors (Lipinski definition) is 1. The van der Waals surface area contributed by atoms with Crippen LogP contribution in [0.4, 0.5) is 5.69 Å². The van der Waals surface area contributed by atoms with Crippen molar-refractivity contribution in [2.24, 2.45) is 0 Å². The lowest BCUT2D eigenvalue weighted by molar-refractivity contribution is -0.139. The van der Waals surface area contributed by atoms with Gasteiger partial charge in [0.2, 0.25) is 11.8 Å². The Balaban J connectivity index is 2.06. The van der Waals surface area contributed by atoms with E-state index in [1.54, 1.807) is 49.4 Å². The van der Waals surface area contributed by atoms with E-state index in [9.17, 15) is 18.0 Å². The molecule has 11 heteroatoms. The van der Waals surface area contributed by atoms with Gasteiger partial charge in [0.1, 0.15) is 18.3 Å². The van der Waals surface area contributed by atoms with Crippen LogP contribution >= 0.6 is 23.2 Å². The fraction of sp³-hybridized carbons (Fsp3) is 0.310. The highest BCUT2D eigenvalue weighted by atomic mass is 35.5. The predicted octanol–water partition coefficient (Wildman–Crippen LogP) is 5.53. The minimum Gasteiger partial charge on any atom is -0.495 e. The van der Waals surface area contributed by atoms with Crippen molar-refractivity contribution in [3.05, 3.63) is 88.4 Å². The topological polar surface area (TPSA) is 96.0 Å². The minimum absolute atomic E-state index is 0.00378. The maximum Gasteiger partial charge on any atom is 0.264 e. The summed E-state index contributed by atoms with van der Waals surface area (Å²) in [6.07, 6.45) is 0.707. The first-order chi connectivity index (χ1) is 19.0. The average Bonchev–Trinajstić information content (AvgIpc) is 2.95. The zero-order valence-electron chi connectivity index (χ0n) is 22.8. The maximum atomic E-state index is 14.0. The van der Waals surface area contributed by atoms with Crippen LogP contribution in [0, 0.1) is 0 Å². The zero-order chi connectivity index (χ0) is 29.4. The van der Waals surface area contributed by atoms with Crippen LogP contribution in [0.25, 0.3) is 0 Å². The summed E-state index contributed by atoms with van der Waals surface area (Å²) in [5.41, 5.74) is 0.781. The van der Waals surface area contributed by atoms with E-state index in [2.05, 4.69) is 5.32 Å². The van der Waals surface area contributed by atoms with Crippen LogP contribution in [0.1, 0.15) is 32.8 Å². The van der Waals surface area contributed by atoms with E-state index in [1.165, 1.54) is 42.3 Å². The third-order valence-electron chi connectivity index (χ3n) is 6.50. The highest BCUT2D eigenvalue weighted by molar-refractivity contribution is 7.92. The van der Waals surface area contributed by atoms with E-state index < -0.39 is 28.5 Å². The molecule has 0 aromatic heterocycles. The third-order valence-corrected chi connectivity index (χ3v) is 8.95. The second-order valence-electron chi connectivity index (χ2n) is 9.25. The molecular weight excluding hydrogens is 573 g/mol. The number of methoxy groups -OCH3 is 1. The average molecular weight is 607 g/mol. The molecule has 0 unspecified atom stereocenters. The molecule has 0 aliphatic rings. The molecule has 8 nitrogen and oxygen atoms in total. The number of ether oxygens (including phenoxy) is 1. The van der Waals surface area contributed by atoms with Gasteiger partial charge in [0.05, 0.1) is 22.7 Å². The van der Waals surface area contributed by atoms with Gasteiger partial charge in [-0.25, -0.2) is 8.42 Å². The zero-order valence-corrected chi connectivity index (χ0v) is 25.1. The third kappa shape index (κ3) is 7.47.